The Morgan fingerprint density at radius 3 is 1.38 bits per heavy atom. The molecule has 0 aromatic heterocycles. The van der Waals surface area contributed by atoms with Crippen LogP contribution in [0.25, 0.3) is 0 Å². The largest absolute Gasteiger partial charge is 0.397 e. The second-order valence-corrected chi connectivity index (χ2v) is 7.79. The van der Waals surface area contributed by atoms with E-state index in [9.17, 15) is 8.42 Å². The second kappa shape index (κ2) is 19.2. The van der Waals surface area contributed by atoms with E-state index in [1.807, 2.05) is 0 Å². The summed E-state index contributed by atoms with van der Waals surface area (Å²) in [5, 5.41) is 0. The lowest BCUT2D eigenvalue weighted by Gasteiger charge is -2.04. The van der Waals surface area contributed by atoms with Crippen LogP contribution in [0.5, 0.6) is 0 Å². The number of rotatable bonds is 15. The number of nitrogens with two attached hydrogens (primary N) is 1. The van der Waals surface area contributed by atoms with E-state index in [1.54, 1.807) is 0 Å². The average Bonchev–Trinajstić information content (AvgIpc) is 2.51. The third kappa shape index (κ3) is 29.8. The molecular formula is C18H41NO4S. The van der Waals surface area contributed by atoms with Gasteiger partial charge in [-0.3, -0.25) is 8.74 Å². The summed E-state index contributed by atoms with van der Waals surface area (Å²) in [4.78, 5) is 0. The van der Waals surface area contributed by atoms with Gasteiger partial charge in [-0.25, -0.2) is 0 Å². The third-order valence-corrected chi connectivity index (χ3v) is 4.39. The molecule has 0 rings (SSSR count). The fourth-order valence-corrected chi connectivity index (χ4v) is 2.48. The maximum atomic E-state index is 9.33. The Balaban J connectivity index is 0. The van der Waals surface area contributed by atoms with Gasteiger partial charge in [0, 0.05) is 6.04 Å². The Labute approximate surface area is 150 Å². The van der Waals surface area contributed by atoms with Crippen molar-refractivity contribution >= 4 is 10.4 Å². The Morgan fingerprint density at radius 2 is 1.12 bits per heavy atom. The molecule has 0 saturated heterocycles. The molecule has 148 valence electrons. The molecule has 24 heavy (non-hydrogen) atoms. The topological polar surface area (TPSA) is 89.6 Å². The Morgan fingerprint density at radius 1 is 0.833 bits per heavy atom. The monoisotopic (exact) mass is 367 g/mol. The van der Waals surface area contributed by atoms with Gasteiger partial charge in [-0.05, 0) is 13.3 Å². The van der Waals surface area contributed by atoms with Crippen LogP contribution in [-0.4, -0.2) is 26.1 Å². The normalized spacial score (nSPS) is 12.5. The van der Waals surface area contributed by atoms with Crippen molar-refractivity contribution in [3.63, 3.8) is 0 Å². The highest BCUT2D eigenvalue weighted by Gasteiger charge is 1.96. The van der Waals surface area contributed by atoms with Crippen molar-refractivity contribution in [2.24, 2.45) is 5.73 Å². The highest BCUT2D eigenvalue weighted by atomic mass is 32.3. The predicted molar refractivity (Wildman–Crippen MR) is 103 cm³/mol. The zero-order chi connectivity index (χ0) is 18.7. The molecule has 0 aliphatic rings. The molecule has 0 saturated carbocycles. The second-order valence-electron chi connectivity index (χ2n) is 6.60. The zero-order valence-electron chi connectivity index (χ0n) is 16.1. The predicted octanol–water partition coefficient (Wildman–Crippen LogP) is 5.25. The molecule has 0 aliphatic carbocycles. The summed E-state index contributed by atoms with van der Waals surface area (Å²) >= 11 is 0. The lowest BCUT2D eigenvalue weighted by Crippen LogP contribution is -2.13. The molecule has 0 aromatic rings. The summed E-state index contributed by atoms with van der Waals surface area (Å²) in [6.07, 6.45) is 19.8. The average molecular weight is 368 g/mol. The van der Waals surface area contributed by atoms with E-state index in [0.717, 1.165) is 7.11 Å². The van der Waals surface area contributed by atoms with E-state index in [4.69, 9.17) is 10.3 Å². The molecule has 0 aliphatic heterocycles. The van der Waals surface area contributed by atoms with Crippen LogP contribution < -0.4 is 5.73 Å². The first-order chi connectivity index (χ1) is 11.3. The van der Waals surface area contributed by atoms with Crippen molar-refractivity contribution in [1.82, 2.24) is 0 Å². The van der Waals surface area contributed by atoms with Gasteiger partial charge in [0.15, 0.2) is 0 Å². The van der Waals surface area contributed by atoms with Gasteiger partial charge in [0.25, 0.3) is 0 Å². The van der Waals surface area contributed by atoms with E-state index >= 15 is 0 Å². The summed E-state index contributed by atoms with van der Waals surface area (Å²) < 4.78 is 29.7. The van der Waals surface area contributed by atoms with Crippen LogP contribution in [0.3, 0.4) is 0 Å². The van der Waals surface area contributed by atoms with E-state index in [2.05, 4.69) is 18.0 Å². The first kappa shape index (κ1) is 26.1. The van der Waals surface area contributed by atoms with E-state index in [0.29, 0.717) is 6.04 Å². The van der Waals surface area contributed by atoms with Gasteiger partial charge in [-0.15, -0.1) is 0 Å². The van der Waals surface area contributed by atoms with Crippen LogP contribution in [0.15, 0.2) is 0 Å². The fourth-order valence-electron chi connectivity index (χ4n) is 2.48. The number of hydrogen-bond acceptors (Lipinski definition) is 4. The van der Waals surface area contributed by atoms with Crippen molar-refractivity contribution in [3.05, 3.63) is 0 Å². The zero-order valence-corrected chi connectivity index (χ0v) is 17.0. The number of hydrogen-bond donors (Lipinski definition) is 2. The van der Waals surface area contributed by atoms with Crippen molar-refractivity contribution < 1.29 is 17.2 Å². The van der Waals surface area contributed by atoms with E-state index in [-0.39, 0.29) is 0 Å². The summed E-state index contributed by atoms with van der Waals surface area (Å²) in [6, 6.07) is 0.401. The minimum Gasteiger partial charge on any atom is -0.328 e. The van der Waals surface area contributed by atoms with Crippen molar-refractivity contribution in [2.75, 3.05) is 7.11 Å². The van der Waals surface area contributed by atoms with E-state index in [1.165, 1.54) is 89.9 Å². The summed E-state index contributed by atoms with van der Waals surface area (Å²) in [6.45, 7) is 4.40. The van der Waals surface area contributed by atoms with Crippen molar-refractivity contribution in [1.29, 1.82) is 0 Å². The van der Waals surface area contributed by atoms with Gasteiger partial charge in [0.05, 0.1) is 7.11 Å². The number of unbranched alkanes of at least 4 members (excludes halogenated alkanes) is 12. The van der Waals surface area contributed by atoms with Crippen LogP contribution in [0.1, 0.15) is 104 Å². The Bertz CT molecular complexity index is 332. The van der Waals surface area contributed by atoms with Crippen molar-refractivity contribution in [3.8, 4) is 0 Å². The molecule has 0 fully saturated rings. The first-order valence-electron chi connectivity index (χ1n) is 9.62. The molecule has 0 radical (unpaired) electrons. The third-order valence-electron chi connectivity index (χ3n) is 3.97. The fraction of sp³-hybridized carbons (Fsp3) is 1.00. The van der Waals surface area contributed by atoms with E-state index < -0.39 is 10.4 Å². The van der Waals surface area contributed by atoms with Crippen LogP contribution in [0, 0.1) is 0 Å². The van der Waals surface area contributed by atoms with Gasteiger partial charge < -0.3 is 5.73 Å². The van der Waals surface area contributed by atoms with Crippen LogP contribution in [-0.2, 0) is 14.6 Å². The first-order valence-corrected chi connectivity index (χ1v) is 11.0. The van der Waals surface area contributed by atoms with Crippen LogP contribution in [0.4, 0.5) is 0 Å². The van der Waals surface area contributed by atoms with Gasteiger partial charge in [-0.2, -0.15) is 8.42 Å². The lowest BCUT2D eigenvalue weighted by atomic mass is 10.0. The van der Waals surface area contributed by atoms with Gasteiger partial charge in [0.1, 0.15) is 0 Å². The molecule has 0 aromatic carbocycles. The molecule has 1 atom stereocenters. The molecule has 5 nitrogen and oxygen atoms in total. The highest BCUT2D eigenvalue weighted by molar-refractivity contribution is 7.80. The lowest BCUT2D eigenvalue weighted by molar-refractivity contribution is 0.324. The summed E-state index contributed by atoms with van der Waals surface area (Å²) in [5.74, 6) is 0. The van der Waals surface area contributed by atoms with Gasteiger partial charge in [0.2, 0.25) is 0 Å². The Hall–Kier alpha value is -0.170. The minimum atomic E-state index is -4.16. The molecule has 3 N–H and O–H groups in total. The molecule has 1 unspecified atom stereocenters. The maximum absolute atomic E-state index is 9.33. The summed E-state index contributed by atoms with van der Waals surface area (Å²) in [5.41, 5.74) is 5.73. The quantitative estimate of drug-likeness (QED) is 0.305. The van der Waals surface area contributed by atoms with Crippen molar-refractivity contribution in [2.45, 2.75) is 110 Å². The SMILES string of the molecule is CCCCCCCCCCCCCCCC(C)N.COS(=O)(=O)O. The highest BCUT2D eigenvalue weighted by Crippen LogP contribution is 2.13. The molecule has 0 spiro atoms. The van der Waals surface area contributed by atoms with Gasteiger partial charge >= 0.3 is 10.4 Å². The molecule has 6 heteroatoms. The van der Waals surface area contributed by atoms with Gasteiger partial charge in [-0.1, -0.05) is 90.4 Å². The molecule has 0 amide bonds. The molecule has 0 heterocycles. The van der Waals surface area contributed by atoms with Crippen LogP contribution in [0.2, 0.25) is 0 Å². The molecule has 0 bridgehead atoms. The summed E-state index contributed by atoms with van der Waals surface area (Å²) in [7, 11) is -3.29. The molecular weight excluding hydrogens is 326 g/mol. The minimum absolute atomic E-state index is 0.401. The maximum Gasteiger partial charge on any atom is 0.397 e. The van der Waals surface area contributed by atoms with Crippen LogP contribution >= 0.6 is 0 Å². The standard InChI is InChI=1S/C17H37N.CH4O4S/c1-3-4-5-6-7-8-9-10-11-12-13-14-15-16-17(2)18;1-5-6(2,3)4/h17H,3-16,18H2,1-2H3;1H3,(H,2,3,4). The Kier molecular flexibility index (Phi) is 20.8. The smallest absolute Gasteiger partial charge is 0.328 e.